The number of nitrogens with zero attached hydrogens (tertiary/aromatic N) is 3. The highest BCUT2D eigenvalue weighted by Crippen LogP contribution is 2.55. The van der Waals surface area contributed by atoms with E-state index in [9.17, 15) is 27.5 Å². The number of hydrogen-bond acceptors (Lipinski definition) is 6. The number of anilines is 1. The Morgan fingerprint density at radius 1 is 1.15 bits per heavy atom. The number of aromatic nitrogens is 2. The van der Waals surface area contributed by atoms with Crippen LogP contribution >= 0.6 is 11.3 Å². The highest BCUT2D eigenvalue weighted by Gasteiger charge is 2.44. The Balaban J connectivity index is 1.09. The summed E-state index contributed by atoms with van der Waals surface area (Å²) in [5.74, 6) is -0.944. The summed E-state index contributed by atoms with van der Waals surface area (Å²) in [6.45, 7) is 1.48. The SMILES string of the molecule is O=C(O)c1cc(F)c2nc(N3CCC4(CC3)CC(=Cc3c(-c5ccccc5C(F)(F)F)noc3C3CC3)C4)sc2c1. The van der Waals surface area contributed by atoms with E-state index in [1.807, 2.05) is 6.08 Å². The second kappa shape index (κ2) is 9.40. The van der Waals surface area contributed by atoms with Gasteiger partial charge < -0.3 is 14.5 Å². The van der Waals surface area contributed by atoms with Crippen molar-refractivity contribution >= 4 is 38.7 Å². The van der Waals surface area contributed by atoms with E-state index in [1.165, 1.54) is 35.1 Å². The maximum Gasteiger partial charge on any atom is 0.417 e. The normalized spacial score (nSPS) is 18.6. The topological polar surface area (TPSA) is 79.5 Å². The number of carboxylic acid groups (broad SMARTS) is 1. The minimum Gasteiger partial charge on any atom is -0.478 e. The number of carboxylic acids is 1. The quantitative estimate of drug-likeness (QED) is 0.239. The molecule has 1 spiro atoms. The second-order valence-electron chi connectivity index (χ2n) is 11.4. The van der Waals surface area contributed by atoms with Crippen LogP contribution in [-0.4, -0.2) is 34.3 Å². The molecule has 2 aromatic carbocycles. The van der Waals surface area contributed by atoms with Crippen molar-refractivity contribution in [3.05, 3.63) is 70.2 Å². The number of benzene rings is 2. The van der Waals surface area contributed by atoms with Gasteiger partial charge in [0.05, 0.1) is 15.8 Å². The first-order valence-corrected chi connectivity index (χ1v) is 14.4. The summed E-state index contributed by atoms with van der Waals surface area (Å²) >= 11 is 1.29. The monoisotopic (exact) mass is 583 g/mol. The molecule has 2 aromatic heterocycles. The number of rotatable bonds is 5. The van der Waals surface area contributed by atoms with Crippen molar-refractivity contribution in [3.8, 4) is 11.3 Å². The molecular formula is C30H25F4N3O3S. The molecule has 212 valence electrons. The van der Waals surface area contributed by atoms with Gasteiger partial charge in [0.2, 0.25) is 0 Å². The van der Waals surface area contributed by atoms with E-state index in [1.54, 1.807) is 6.07 Å². The lowest BCUT2D eigenvalue weighted by molar-refractivity contribution is -0.137. The first-order valence-electron chi connectivity index (χ1n) is 13.5. The summed E-state index contributed by atoms with van der Waals surface area (Å²) in [6, 6.07) is 7.95. The van der Waals surface area contributed by atoms with Crippen molar-refractivity contribution in [1.29, 1.82) is 0 Å². The molecule has 2 saturated carbocycles. The average Bonchev–Trinajstić information content (AvgIpc) is 3.53. The highest BCUT2D eigenvalue weighted by atomic mass is 32.1. The second-order valence-corrected chi connectivity index (χ2v) is 12.4. The van der Waals surface area contributed by atoms with Gasteiger partial charge in [-0.25, -0.2) is 14.2 Å². The van der Waals surface area contributed by atoms with E-state index >= 15 is 0 Å². The maximum atomic E-state index is 14.5. The summed E-state index contributed by atoms with van der Waals surface area (Å²) in [5, 5.41) is 14.0. The number of piperidine rings is 1. The Morgan fingerprint density at radius 2 is 1.88 bits per heavy atom. The third-order valence-corrected chi connectivity index (χ3v) is 9.59. The molecule has 6 nitrogen and oxygen atoms in total. The number of aromatic carboxylic acids is 1. The summed E-state index contributed by atoms with van der Waals surface area (Å²) < 4.78 is 61.9. The number of halogens is 4. The first-order chi connectivity index (χ1) is 19.6. The van der Waals surface area contributed by atoms with Gasteiger partial charge in [0.1, 0.15) is 17.0 Å². The predicted molar refractivity (Wildman–Crippen MR) is 147 cm³/mol. The number of thiazole rings is 1. The standard InChI is InChI=1S/C30H25F4N3O3S/c31-22-12-18(27(38)39)13-23-25(22)35-28(41-23)37-9-7-29(8-10-37)14-16(15-29)11-20-24(36-40-26(20)17-5-6-17)19-3-1-2-4-21(19)30(32,33)34/h1-4,11-13,17H,5-10,14-15H2,(H,38,39). The van der Waals surface area contributed by atoms with E-state index in [0.717, 1.165) is 63.7 Å². The molecule has 3 heterocycles. The minimum atomic E-state index is -4.50. The van der Waals surface area contributed by atoms with Gasteiger partial charge in [-0.15, -0.1) is 0 Å². The molecular weight excluding hydrogens is 558 g/mol. The molecule has 4 aromatic rings. The molecule has 1 aliphatic heterocycles. The van der Waals surface area contributed by atoms with Crippen molar-refractivity contribution in [2.45, 2.75) is 50.6 Å². The molecule has 0 bridgehead atoms. The van der Waals surface area contributed by atoms with E-state index in [-0.39, 0.29) is 33.7 Å². The highest BCUT2D eigenvalue weighted by molar-refractivity contribution is 7.22. The van der Waals surface area contributed by atoms with Gasteiger partial charge in [-0.2, -0.15) is 13.2 Å². The Labute approximate surface area is 236 Å². The molecule has 7 rings (SSSR count). The molecule has 11 heteroatoms. The fourth-order valence-corrected chi connectivity index (χ4v) is 7.27. The van der Waals surface area contributed by atoms with Crippen LogP contribution in [0.1, 0.15) is 71.7 Å². The molecule has 0 unspecified atom stereocenters. The first kappa shape index (κ1) is 26.2. The number of fused-ring (bicyclic) bond motifs is 1. The lowest BCUT2D eigenvalue weighted by atomic mass is 9.60. The van der Waals surface area contributed by atoms with Gasteiger partial charge in [-0.1, -0.05) is 40.3 Å². The van der Waals surface area contributed by atoms with Crippen LogP contribution in [0.2, 0.25) is 0 Å². The van der Waals surface area contributed by atoms with Gasteiger partial charge in [-0.3, -0.25) is 0 Å². The summed E-state index contributed by atoms with van der Waals surface area (Å²) in [4.78, 5) is 17.9. The van der Waals surface area contributed by atoms with Crippen LogP contribution < -0.4 is 4.90 Å². The lowest BCUT2D eigenvalue weighted by Gasteiger charge is -2.49. The third-order valence-electron chi connectivity index (χ3n) is 8.52. The van der Waals surface area contributed by atoms with E-state index < -0.39 is 23.5 Å². The van der Waals surface area contributed by atoms with Crippen LogP contribution in [0.4, 0.5) is 22.7 Å². The molecule has 0 amide bonds. The van der Waals surface area contributed by atoms with Crippen molar-refractivity contribution in [2.24, 2.45) is 5.41 Å². The zero-order valence-corrected chi connectivity index (χ0v) is 22.6. The Bertz CT molecular complexity index is 1700. The fraction of sp³-hybridized carbons (Fsp3) is 0.367. The molecule has 0 radical (unpaired) electrons. The molecule has 3 aliphatic rings. The number of allylic oxidation sites excluding steroid dienone is 1. The van der Waals surface area contributed by atoms with E-state index in [4.69, 9.17) is 4.52 Å². The van der Waals surface area contributed by atoms with Crippen LogP contribution in [0.5, 0.6) is 0 Å². The predicted octanol–water partition coefficient (Wildman–Crippen LogP) is 8.15. The van der Waals surface area contributed by atoms with E-state index in [0.29, 0.717) is 21.2 Å². The fourth-order valence-electron chi connectivity index (χ4n) is 6.20. The van der Waals surface area contributed by atoms with Crippen LogP contribution in [0.15, 0.2) is 46.5 Å². The Morgan fingerprint density at radius 3 is 2.56 bits per heavy atom. The number of hydrogen-bond donors (Lipinski definition) is 1. The molecule has 0 atom stereocenters. The molecule has 1 saturated heterocycles. The molecule has 2 aliphatic carbocycles. The molecule has 1 N–H and O–H groups in total. The molecule has 41 heavy (non-hydrogen) atoms. The third kappa shape index (κ3) is 4.69. The van der Waals surface area contributed by atoms with Crippen LogP contribution in [0.3, 0.4) is 0 Å². The van der Waals surface area contributed by atoms with Crippen molar-refractivity contribution in [3.63, 3.8) is 0 Å². The Hall–Kier alpha value is -3.73. The van der Waals surface area contributed by atoms with Crippen molar-refractivity contribution in [2.75, 3.05) is 18.0 Å². The van der Waals surface area contributed by atoms with Crippen molar-refractivity contribution in [1.82, 2.24) is 10.1 Å². The minimum absolute atomic E-state index is 0.0348. The maximum absolute atomic E-state index is 14.5. The van der Waals surface area contributed by atoms with Crippen molar-refractivity contribution < 1.29 is 32.0 Å². The van der Waals surface area contributed by atoms with E-state index in [2.05, 4.69) is 15.0 Å². The van der Waals surface area contributed by atoms with Gasteiger partial charge >= 0.3 is 12.1 Å². The summed E-state index contributed by atoms with van der Waals surface area (Å²) in [7, 11) is 0. The zero-order chi connectivity index (χ0) is 28.5. The molecule has 3 fully saturated rings. The number of carbonyl (C=O) groups is 1. The van der Waals surface area contributed by atoms with Gasteiger partial charge in [0, 0.05) is 30.1 Å². The summed E-state index contributed by atoms with van der Waals surface area (Å²) in [5.41, 5.74) is 1.61. The van der Waals surface area contributed by atoms with Gasteiger partial charge in [0.25, 0.3) is 0 Å². The summed E-state index contributed by atoms with van der Waals surface area (Å²) in [6.07, 6.45) is 2.91. The largest absolute Gasteiger partial charge is 0.478 e. The lowest BCUT2D eigenvalue weighted by Crippen LogP contribution is -2.44. The zero-order valence-electron chi connectivity index (χ0n) is 21.8. The van der Waals surface area contributed by atoms with Crippen LogP contribution in [0, 0.1) is 11.2 Å². The Kier molecular flexibility index (Phi) is 6.01. The smallest absolute Gasteiger partial charge is 0.417 e. The van der Waals surface area contributed by atoms with Gasteiger partial charge in [0.15, 0.2) is 10.9 Å². The van der Waals surface area contributed by atoms with Crippen LogP contribution in [-0.2, 0) is 6.18 Å². The van der Waals surface area contributed by atoms with Crippen LogP contribution in [0.25, 0.3) is 27.6 Å². The van der Waals surface area contributed by atoms with Gasteiger partial charge in [-0.05, 0) is 68.2 Å². The number of alkyl halides is 3. The average molecular weight is 584 g/mol.